The van der Waals surface area contributed by atoms with Gasteiger partial charge in [0.15, 0.2) is 0 Å². The van der Waals surface area contributed by atoms with Gasteiger partial charge in [-0.2, -0.15) is 0 Å². The molecule has 0 bridgehead atoms. The molecule has 0 spiro atoms. The van der Waals surface area contributed by atoms with Gasteiger partial charge in [0.2, 0.25) is 11.8 Å². The van der Waals surface area contributed by atoms with Crippen molar-refractivity contribution in [2.24, 2.45) is 5.73 Å². The zero-order valence-corrected chi connectivity index (χ0v) is 19.9. The van der Waals surface area contributed by atoms with Crippen molar-refractivity contribution in [2.45, 2.75) is 13.3 Å². The first-order valence-corrected chi connectivity index (χ1v) is 11.6. The number of ether oxygens (including phenoxy) is 2. The SMILES string of the molecule is CCOC(=O)c1c(-c2ccccc2)csc1NC(=O)CN(CCC(N)=O)c1ccc(OC)cc1. The standard InChI is InChI=1S/C25H27N3O5S/c1-3-33-25(31)23-20(17-7-5-4-6-8-17)16-34-24(23)27-22(30)15-28(14-13-21(26)29)18-9-11-19(32-2)12-10-18/h4-12,16H,3,13-15H2,1-2H3,(H2,26,29)(H,27,30). The number of carbonyl (C=O) groups is 3. The van der Waals surface area contributed by atoms with E-state index in [4.69, 9.17) is 15.2 Å². The highest BCUT2D eigenvalue weighted by Gasteiger charge is 2.23. The van der Waals surface area contributed by atoms with E-state index < -0.39 is 11.9 Å². The molecule has 0 aliphatic heterocycles. The Morgan fingerprint density at radius 1 is 1.06 bits per heavy atom. The van der Waals surface area contributed by atoms with Gasteiger partial charge in [0.25, 0.3) is 0 Å². The predicted octanol–water partition coefficient (Wildman–Crippen LogP) is 3.92. The van der Waals surface area contributed by atoms with E-state index in [0.717, 1.165) is 11.3 Å². The number of hydrogen-bond acceptors (Lipinski definition) is 7. The molecule has 0 aliphatic carbocycles. The van der Waals surface area contributed by atoms with Crippen LogP contribution in [0.25, 0.3) is 11.1 Å². The Kier molecular flexibility index (Phi) is 8.64. The molecule has 0 fully saturated rings. The van der Waals surface area contributed by atoms with Gasteiger partial charge in [-0.1, -0.05) is 30.3 Å². The first-order chi connectivity index (χ1) is 16.4. The predicted molar refractivity (Wildman–Crippen MR) is 133 cm³/mol. The number of nitrogens with zero attached hydrogens (tertiary/aromatic N) is 1. The number of hydrogen-bond donors (Lipinski definition) is 2. The van der Waals surface area contributed by atoms with Crippen LogP contribution in [0.1, 0.15) is 23.7 Å². The third-order valence-corrected chi connectivity index (χ3v) is 5.90. The normalized spacial score (nSPS) is 10.4. The van der Waals surface area contributed by atoms with Gasteiger partial charge >= 0.3 is 5.97 Å². The van der Waals surface area contributed by atoms with Crippen molar-refractivity contribution in [1.82, 2.24) is 0 Å². The second-order valence-corrected chi connectivity index (χ2v) is 8.20. The van der Waals surface area contributed by atoms with Crippen molar-refractivity contribution in [1.29, 1.82) is 0 Å². The molecule has 0 radical (unpaired) electrons. The zero-order chi connectivity index (χ0) is 24.5. The first kappa shape index (κ1) is 24.8. The van der Waals surface area contributed by atoms with E-state index in [2.05, 4.69) is 5.32 Å². The van der Waals surface area contributed by atoms with Crippen LogP contribution in [0.4, 0.5) is 10.7 Å². The molecule has 0 atom stereocenters. The number of carbonyl (C=O) groups excluding carboxylic acids is 3. The van der Waals surface area contributed by atoms with Crippen molar-refractivity contribution in [2.75, 3.05) is 37.0 Å². The summed E-state index contributed by atoms with van der Waals surface area (Å²) in [6.45, 7) is 2.17. The molecule has 3 rings (SSSR count). The quantitative estimate of drug-likeness (QED) is 0.402. The lowest BCUT2D eigenvalue weighted by atomic mass is 10.0. The second kappa shape index (κ2) is 11.9. The fourth-order valence-electron chi connectivity index (χ4n) is 3.36. The summed E-state index contributed by atoms with van der Waals surface area (Å²) in [5.74, 6) is -0.630. The van der Waals surface area contributed by atoms with Gasteiger partial charge in [-0.15, -0.1) is 11.3 Å². The van der Waals surface area contributed by atoms with Crippen LogP contribution in [0, 0.1) is 0 Å². The maximum atomic E-state index is 13.0. The van der Waals surface area contributed by atoms with Gasteiger partial charge in [0.1, 0.15) is 16.3 Å². The molecule has 1 aromatic heterocycles. The summed E-state index contributed by atoms with van der Waals surface area (Å²) in [5, 5.41) is 5.08. The van der Waals surface area contributed by atoms with Crippen molar-refractivity contribution < 1.29 is 23.9 Å². The van der Waals surface area contributed by atoms with Gasteiger partial charge in [-0.25, -0.2) is 4.79 Å². The fourth-order valence-corrected chi connectivity index (χ4v) is 4.34. The van der Waals surface area contributed by atoms with Crippen LogP contribution in [0.3, 0.4) is 0 Å². The highest BCUT2D eigenvalue weighted by atomic mass is 32.1. The van der Waals surface area contributed by atoms with E-state index in [1.807, 2.05) is 35.7 Å². The Labute approximate surface area is 202 Å². The summed E-state index contributed by atoms with van der Waals surface area (Å²) in [5.41, 5.74) is 7.92. The maximum absolute atomic E-state index is 13.0. The Bertz CT molecular complexity index is 1130. The van der Waals surface area contributed by atoms with E-state index in [1.165, 1.54) is 11.3 Å². The number of nitrogens with one attached hydrogen (secondary N) is 1. The van der Waals surface area contributed by atoms with Crippen LogP contribution < -0.4 is 20.7 Å². The largest absolute Gasteiger partial charge is 0.497 e. The zero-order valence-electron chi connectivity index (χ0n) is 19.1. The Morgan fingerprint density at radius 3 is 2.38 bits per heavy atom. The molecule has 3 N–H and O–H groups in total. The molecule has 3 aromatic rings. The molecule has 2 amide bonds. The molecule has 9 heteroatoms. The van der Waals surface area contributed by atoms with Crippen LogP contribution in [-0.2, 0) is 14.3 Å². The third kappa shape index (κ3) is 6.35. The van der Waals surface area contributed by atoms with Crippen molar-refractivity contribution in [3.8, 4) is 16.9 Å². The monoisotopic (exact) mass is 481 g/mol. The lowest BCUT2D eigenvalue weighted by Gasteiger charge is -2.24. The number of nitrogens with two attached hydrogens (primary N) is 1. The van der Waals surface area contributed by atoms with Crippen LogP contribution >= 0.6 is 11.3 Å². The van der Waals surface area contributed by atoms with Crippen LogP contribution in [0.15, 0.2) is 60.0 Å². The van der Waals surface area contributed by atoms with E-state index in [9.17, 15) is 14.4 Å². The van der Waals surface area contributed by atoms with Crippen molar-refractivity contribution in [3.63, 3.8) is 0 Å². The van der Waals surface area contributed by atoms with Gasteiger partial charge in [0, 0.05) is 29.6 Å². The third-order valence-electron chi connectivity index (χ3n) is 5.01. The number of benzene rings is 2. The number of esters is 1. The average molecular weight is 482 g/mol. The summed E-state index contributed by atoms with van der Waals surface area (Å²) >= 11 is 1.26. The summed E-state index contributed by atoms with van der Waals surface area (Å²) in [6, 6.07) is 16.6. The fraction of sp³-hybridized carbons (Fsp3) is 0.240. The van der Waals surface area contributed by atoms with Gasteiger partial charge in [-0.3, -0.25) is 9.59 Å². The summed E-state index contributed by atoms with van der Waals surface area (Å²) in [6.07, 6.45) is 0.0878. The topological polar surface area (TPSA) is 111 Å². The Hall–Kier alpha value is -3.85. The molecular weight excluding hydrogens is 454 g/mol. The number of rotatable bonds is 11. The maximum Gasteiger partial charge on any atom is 0.341 e. The smallest absolute Gasteiger partial charge is 0.341 e. The molecule has 2 aromatic carbocycles. The Balaban J connectivity index is 1.83. The molecule has 1 heterocycles. The molecule has 178 valence electrons. The number of primary amides is 1. The van der Waals surface area contributed by atoms with Gasteiger partial charge in [0.05, 0.1) is 20.3 Å². The van der Waals surface area contributed by atoms with Crippen LogP contribution in [0.2, 0.25) is 0 Å². The van der Waals surface area contributed by atoms with E-state index in [0.29, 0.717) is 21.9 Å². The highest BCUT2D eigenvalue weighted by Crippen LogP contribution is 2.36. The molecule has 0 saturated carbocycles. The van der Waals surface area contributed by atoms with E-state index >= 15 is 0 Å². The summed E-state index contributed by atoms with van der Waals surface area (Å²) in [7, 11) is 1.57. The average Bonchev–Trinajstić information content (AvgIpc) is 3.26. The Morgan fingerprint density at radius 2 is 1.76 bits per heavy atom. The molecule has 0 unspecified atom stereocenters. The van der Waals surface area contributed by atoms with Crippen LogP contribution in [-0.4, -0.2) is 44.6 Å². The highest BCUT2D eigenvalue weighted by molar-refractivity contribution is 7.15. The minimum Gasteiger partial charge on any atom is -0.497 e. The molecule has 8 nitrogen and oxygen atoms in total. The molecule has 0 aliphatic rings. The molecule has 0 saturated heterocycles. The molecular formula is C25H27N3O5S. The van der Waals surface area contributed by atoms with Crippen molar-refractivity contribution >= 4 is 39.8 Å². The lowest BCUT2D eigenvalue weighted by Crippen LogP contribution is -2.35. The van der Waals surface area contributed by atoms with Crippen LogP contribution in [0.5, 0.6) is 5.75 Å². The number of anilines is 2. The second-order valence-electron chi connectivity index (χ2n) is 7.32. The number of thiophene rings is 1. The van der Waals surface area contributed by atoms with E-state index in [-0.39, 0.29) is 32.0 Å². The number of amides is 2. The summed E-state index contributed by atoms with van der Waals surface area (Å²) in [4.78, 5) is 38.8. The first-order valence-electron chi connectivity index (χ1n) is 10.7. The van der Waals surface area contributed by atoms with Gasteiger partial charge in [-0.05, 0) is 36.8 Å². The van der Waals surface area contributed by atoms with E-state index in [1.54, 1.807) is 43.2 Å². The minimum absolute atomic E-state index is 0.0412. The van der Waals surface area contributed by atoms with Gasteiger partial charge < -0.3 is 25.4 Å². The molecule has 34 heavy (non-hydrogen) atoms. The lowest BCUT2D eigenvalue weighted by molar-refractivity contribution is -0.118. The van der Waals surface area contributed by atoms with Crippen molar-refractivity contribution in [3.05, 3.63) is 65.5 Å². The summed E-state index contributed by atoms with van der Waals surface area (Å²) < 4.78 is 10.4. The minimum atomic E-state index is -0.501. The number of methoxy groups -OCH3 is 1.